The molecule has 0 radical (unpaired) electrons. The van der Waals surface area contributed by atoms with E-state index in [0.29, 0.717) is 16.5 Å². The zero-order valence-corrected chi connectivity index (χ0v) is 16.2. The van der Waals surface area contributed by atoms with Crippen molar-refractivity contribution in [3.63, 3.8) is 0 Å². The number of hydrogen-bond donors (Lipinski definition) is 1. The first kappa shape index (κ1) is 18.6. The fourth-order valence-corrected chi connectivity index (χ4v) is 3.49. The minimum absolute atomic E-state index is 0.0180. The maximum Gasteiger partial charge on any atom is 0.338 e. The van der Waals surface area contributed by atoms with Crippen LogP contribution in [0.3, 0.4) is 0 Å². The molecule has 0 aliphatic heterocycles. The predicted molar refractivity (Wildman–Crippen MR) is 114 cm³/mol. The molecule has 0 saturated carbocycles. The molecule has 0 bridgehead atoms. The van der Waals surface area contributed by atoms with Gasteiger partial charge in [-0.15, -0.1) is 0 Å². The second kappa shape index (κ2) is 7.46. The Bertz CT molecular complexity index is 1480. The third kappa shape index (κ3) is 3.53. The molecule has 152 valence electrons. The van der Waals surface area contributed by atoms with Gasteiger partial charge in [0.1, 0.15) is 24.3 Å². The van der Waals surface area contributed by atoms with Gasteiger partial charge in [-0.25, -0.2) is 14.6 Å². The van der Waals surface area contributed by atoms with Gasteiger partial charge in [0.15, 0.2) is 0 Å². The van der Waals surface area contributed by atoms with Crippen LogP contribution >= 0.6 is 0 Å². The molecule has 0 atom stereocenters. The SMILES string of the molecule is O=C(OCc1cc(=O)oc2cc(O)ccc12)c1ccc(-n2cnc3ccccc32)cc1. The van der Waals surface area contributed by atoms with Crippen LogP contribution in [0.15, 0.2) is 88.3 Å². The Labute approximate surface area is 175 Å². The number of fused-ring (bicyclic) bond motifs is 2. The minimum atomic E-state index is -0.582. The molecule has 0 aliphatic carbocycles. The normalized spacial score (nSPS) is 11.1. The van der Waals surface area contributed by atoms with Crippen LogP contribution in [0.1, 0.15) is 15.9 Å². The lowest BCUT2D eigenvalue weighted by molar-refractivity contribution is 0.0474. The Morgan fingerprint density at radius 2 is 1.84 bits per heavy atom. The van der Waals surface area contributed by atoms with E-state index in [1.165, 1.54) is 18.2 Å². The molecule has 0 fully saturated rings. The van der Waals surface area contributed by atoms with Crippen molar-refractivity contribution in [2.75, 3.05) is 0 Å². The summed E-state index contributed by atoms with van der Waals surface area (Å²) in [7, 11) is 0. The van der Waals surface area contributed by atoms with Gasteiger partial charge in [0.25, 0.3) is 0 Å². The van der Waals surface area contributed by atoms with E-state index in [1.54, 1.807) is 24.5 Å². The third-order valence-electron chi connectivity index (χ3n) is 5.01. The molecule has 7 heteroatoms. The number of esters is 1. The predicted octanol–water partition coefficient (Wildman–Crippen LogP) is 4.19. The van der Waals surface area contributed by atoms with Crippen LogP contribution in [-0.4, -0.2) is 20.6 Å². The van der Waals surface area contributed by atoms with Crippen molar-refractivity contribution in [1.29, 1.82) is 0 Å². The number of hydrogen-bond acceptors (Lipinski definition) is 6. The Morgan fingerprint density at radius 1 is 1.03 bits per heavy atom. The number of imidazole rings is 1. The summed E-state index contributed by atoms with van der Waals surface area (Å²) in [6.45, 7) is -0.0976. The zero-order valence-electron chi connectivity index (χ0n) is 16.2. The number of aromatic hydroxyl groups is 1. The number of carbonyl (C=O) groups excluding carboxylic acids is 1. The molecular formula is C24H16N2O5. The van der Waals surface area contributed by atoms with Crippen LogP contribution < -0.4 is 5.63 Å². The summed E-state index contributed by atoms with van der Waals surface area (Å²) >= 11 is 0. The molecular weight excluding hydrogens is 396 g/mol. The van der Waals surface area contributed by atoms with E-state index in [2.05, 4.69) is 4.98 Å². The molecule has 5 rings (SSSR count). The lowest BCUT2D eigenvalue weighted by atomic mass is 10.1. The van der Waals surface area contributed by atoms with Crippen molar-refractivity contribution >= 4 is 28.0 Å². The third-order valence-corrected chi connectivity index (χ3v) is 5.01. The number of carbonyl (C=O) groups is 1. The van der Waals surface area contributed by atoms with Crippen molar-refractivity contribution in [2.45, 2.75) is 6.61 Å². The van der Waals surface area contributed by atoms with Crippen molar-refractivity contribution in [1.82, 2.24) is 9.55 Å². The van der Waals surface area contributed by atoms with E-state index in [9.17, 15) is 14.7 Å². The molecule has 1 N–H and O–H groups in total. The monoisotopic (exact) mass is 412 g/mol. The molecule has 3 aromatic carbocycles. The zero-order chi connectivity index (χ0) is 21.4. The van der Waals surface area contributed by atoms with E-state index in [-0.39, 0.29) is 17.9 Å². The molecule has 0 spiro atoms. The molecule has 0 saturated heterocycles. The van der Waals surface area contributed by atoms with Crippen molar-refractivity contribution in [3.8, 4) is 11.4 Å². The molecule has 5 aromatic rings. The molecule has 2 aromatic heterocycles. The molecule has 0 aliphatic rings. The number of nitrogens with zero attached hydrogens (tertiary/aromatic N) is 2. The number of para-hydroxylation sites is 2. The van der Waals surface area contributed by atoms with Crippen LogP contribution in [-0.2, 0) is 11.3 Å². The summed E-state index contributed by atoms with van der Waals surface area (Å²) in [6.07, 6.45) is 1.74. The Balaban J connectivity index is 1.36. The van der Waals surface area contributed by atoms with Gasteiger partial charge in [-0.2, -0.15) is 0 Å². The average Bonchev–Trinajstić information content (AvgIpc) is 3.21. The van der Waals surface area contributed by atoms with Crippen LogP contribution in [0.2, 0.25) is 0 Å². The summed E-state index contributed by atoms with van der Waals surface area (Å²) in [6, 6.07) is 20.5. The highest BCUT2D eigenvalue weighted by Crippen LogP contribution is 2.23. The number of phenols is 1. The first-order valence-electron chi connectivity index (χ1n) is 9.54. The lowest BCUT2D eigenvalue weighted by Crippen LogP contribution is -2.08. The van der Waals surface area contributed by atoms with Gasteiger partial charge in [0.05, 0.1) is 16.6 Å². The van der Waals surface area contributed by atoms with Crippen LogP contribution in [0.4, 0.5) is 0 Å². The highest BCUT2D eigenvalue weighted by atomic mass is 16.5. The fourth-order valence-electron chi connectivity index (χ4n) is 3.49. The molecule has 0 unspecified atom stereocenters. The highest BCUT2D eigenvalue weighted by Gasteiger charge is 2.12. The standard InChI is InChI=1S/C24H16N2O5/c27-18-9-10-19-16(11-23(28)31-22(19)12-18)13-30-24(29)15-5-7-17(8-6-15)26-14-25-20-3-1-2-4-21(20)26/h1-12,14,27H,13H2. The summed E-state index contributed by atoms with van der Waals surface area (Å²) in [5, 5.41) is 10.2. The molecule has 0 amide bonds. The highest BCUT2D eigenvalue weighted by molar-refractivity contribution is 5.90. The number of ether oxygens (including phenoxy) is 1. The first-order chi connectivity index (χ1) is 15.1. The largest absolute Gasteiger partial charge is 0.508 e. The Kier molecular flexibility index (Phi) is 4.48. The van der Waals surface area contributed by atoms with Crippen LogP contribution in [0.25, 0.3) is 27.7 Å². The lowest BCUT2D eigenvalue weighted by Gasteiger charge is -2.09. The summed E-state index contributed by atoms with van der Waals surface area (Å²) in [5.74, 6) is -0.530. The summed E-state index contributed by atoms with van der Waals surface area (Å²) in [5.41, 5.74) is 3.27. The van der Waals surface area contributed by atoms with E-state index in [4.69, 9.17) is 9.15 Å². The first-order valence-corrected chi connectivity index (χ1v) is 9.54. The second-order valence-corrected chi connectivity index (χ2v) is 7.00. The summed E-state index contributed by atoms with van der Waals surface area (Å²) in [4.78, 5) is 28.7. The Morgan fingerprint density at radius 3 is 2.68 bits per heavy atom. The average molecular weight is 412 g/mol. The van der Waals surface area contributed by atoms with Gasteiger partial charge in [-0.1, -0.05) is 12.1 Å². The molecule has 7 nitrogen and oxygen atoms in total. The number of phenolic OH excluding ortho intramolecular Hbond substituents is 1. The van der Waals surface area contributed by atoms with Gasteiger partial charge in [-0.05, 0) is 48.5 Å². The van der Waals surface area contributed by atoms with Crippen molar-refractivity contribution < 1.29 is 19.1 Å². The number of rotatable bonds is 4. The quantitative estimate of drug-likeness (QED) is 0.351. The molecule has 31 heavy (non-hydrogen) atoms. The number of aromatic nitrogens is 2. The van der Waals surface area contributed by atoms with E-state index < -0.39 is 11.6 Å². The van der Waals surface area contributed by atoms with Gasteiger partial charge < -0.3 is 14.3 Å². The van der Waals surface area contributed by atoms with E-state index in [1.807, 2.05) is 41.0 Å². The Hall–Kier alpha value is -4.39. The van der Waals surface area contributed by atoms with Crippen LogP contribution in [0.5, 0.6) is 5.75 Å². The van der Waals surface area contributed by atoms with Crippen molar-refractivity contribution in [3.05, 3.63) is 101 Å². The maximum atomic E-state index is 12.5. The van der Waals surface area contributed by atoms with E-state index in [0.717, 1.165) is 16.7 Å². The van der Waals surface area contributed by atoms with Gasteiger partial charge in [0, 0.05) is 28.8 Å². The van der Waals surface area contributed by atoms with Crippen LogP contribution in [0, 0.1) is 0 Å². The number of benzene rings is 3. The topological polar surface area (TPSA) is 94.6 Å². The summed E-state index contributed by atoms with van der Waals surface area (Å²) < 4.78 is 12.4. The smallest absolute Gasteiger partial charge is 0.338 e. The molecule has 2 heterocycles. The fraction of sp³-hybridized carbons (Fsp3) is 0.0417. The van der Waals surface area contributed by atoms with Gasteiger partial charge in [0.2, 0.25) is 0 Å². The minimum Gasteiger partial charge on any atom is -0.508 e. The van der Waals surface area contributed by atoms with Gasteiger partial charge in [-0.3, -0.25) is 4.57 Å². The maximum absolute atomic E-state index is 12.5. The van der Waals surface area contributed by atoms with Crippen molar-refractivity contribution in [2.24, 2.45) is 0 Å². The second-order valence-electron chi connectivity index (χ2n) is 7.00. The van der Waals surface area contributed by atoms with Gasteiger partial charge >= 0.3 is 11.6 Å². The van der Waals surface area contributed by atoms with E-state index >= 15 is 0 Å².